The Morgan fingerprint density at radius 1 is 1.33 bits per heavy atom. The van der Waals surface area contributed by atoms with Crippen molar-refractivity contribution in [2.45, 2.75) is 32.6 Å². The molecule has 0 saturated carbocycles. The van der Waals surface area contributed by atoms with Gasteiger partial charge in [0.15, 0.2) is 0 Å². The van der Waals surface area contributed by atoms with E-state index in [4.69, 9.17) is 10.00 Å². The molecule has 2 nitrogen and oxygen atoms in total. The standard InChI is InChI=1S/C13H17NO/c1-11-10-12(6-4-3-5-9-14)7-8-13(11)15-2/h7-8,10H,3-6H2,1-2H3. The molecule has 0 radical (unpaired) electrons. The van der Waals surface area contributed by atoms with E-state index in [9.17, 15) is 0 Å². The second-order valence-electron chi connectivity index (χ2n) is 3.67. The minimum absolute atomic E-state index is 0.662. The lowest BCUT2D eigenvalue weighted by atomic mass is 10.0. The molecule has 0 unspecified atom stereocenters. The monoisotopic (exact) mass is 203 g/mol. The molecule has 1 aromatic carbocycles. The van der Waals surface area contributed by atoms with E-state index in [0.29, 0.717) is 6.42 Å². The zero-order valence-electron chi connectivity index (χ0n) is 9.42. The number of nitriles is 1. The van der Waals surface area contributed by atoms with Crippen LogP contribution in [0.1, 0.15) is 30.4 Å². The summed E-state index contributed by atoms with van der Waals surface area (Å²) in [5.74, 6) is 0.941. The van der Waals surface area contributed by atoms with Crippen LogP contribution in [0.3, 0.4) is 0 Å². The van der Waals surface area contributed by atoms with Gasteiger partial charge in [-0.1, -0.05) is 12.1 Å². The van der Waals surface area contributed by atoms with Gasteiger partial charge in [0.1, 0.15) is 5.75 Å². The summed E-state index contributed by atoms with van der Waals surface area (Å²) >= 11 is 0. The van der Waals surface area contributed by atoms with Crippen molar-refractivity contribution in [3.05, 3.63) is 29.3 Å². The highest BCUT2D eigenvalue weighted by molar-refractivity contribution is 5.36. The van der Waals surface area contributed by atoms with E-state index in [2.05, 4.69) is 25.1 Å². The summed E-state index contributed by atoms with van der Waals surface area (Å²) in [4.78, 5) is 0. The molecule has 15 heavy (non-hydrogen) atoms. The number of hydrogen-bond acceptors (Lipinski definition) is 2. The smallest absolute Gasteiger partial charge is 0.121 e. The van der Waals surface area contributed by atoms with Gasteiger partial charge in [-0.3, -0.25) is 0 Å². The van der Waals surface area contributed by atoms with Gasteiger partial charge in [-0.2, -0.15) is 5.26 Å². The van der Waals surface area contributed by atoms with Crippen molar-refractivity contribution >= 4 is 0 Å². The van der Waals surface area contributed by atoms with Gasteiger partial charge in [-0.25, -0.2) is 0 Å². The Hall–Kier alpha value is -1.49. The van der Waals surface area contributed by atoms with Crippen molar-refractivity contribution in [1.82, 2.24) is 0 Å². The van der Waals surface area contributed by atoms with Crippen molar-refractivity contribution in [3.8, 4) is 11.8 Å². The van der Waals surface area contributed by atoms with Gasteiger partial charge < -0.3 is 4.74 Å². The quantitative estimate of drug-likeness (QED) is 0.688. The van der Waals surface area contributed by atoms with Crippen LogP contribution in [-0.4, -0.2) is 7.11 Å². The molecule has 0 atom stereocenters. The van der Waals surface area contributed by atoms with Gasteiger partial charge in [-0.05, 0) is 43.4 Å². The van der Waals surface area contributed by atoms with Crippen molar-refractivity contribution in [3.63, 3.8) is 0 Å². The lowest BCUT2D eigenvalue weighted by Gasteiger charge is -2.06. The highest BCUT2D eigenvalue weighted by Gasteiger charge is 1.99. The first kappa shape index (κ1) is 11.6. The Morgan fingerprint density at radius 3 is 2.73 bits per heavy atom. The molecule has 0 N–H and O–H groups in total. The van der Waals surface area contributed by atoms with E-state index in [-0.39, 0.29) is 0 Å². The first-order valence-corrected chi connectivity index (χ1v) is 5.28. The number of benzene rings is 1. The van der Waals surface area contributed by atoms with Crippen molar-refractivity contribution in [1.29, 1.82) is 5.26 Å². The van der Waals surface area contributed by atoms with Crippen LogP contribution < -0.4 is 4.74 Å². The first-order chi connectivity index (χ1) is 7.27. The van der Waals surface area contributed by atoms with Crippen molar-refractivity contribution in [2.24, 2.45) is 0 Å². The van der Waals surface area contributed by atoms with Gasteiger partial charge in [0.05, 0.1) is 13.2 Å². The van der Waals surface area contributed by atoms with E-state index in [1.165, 1.54) is 11.1 Å². The fourth-order valence-corrected chi connectivity index (χ4v) is 1.63. The maximum absolute atomic E-state index is 8.41. The molecular weight excluding hydrogens is 186 g/mol. The zero-order chi connectivity index (χ0) is 11.1. The summed E-state index contributed by atoms with van der Waals surface area (Å²) in [6.45, 7) is 2.05. The summed E-state index contributed by atoms with van der Waals surface area (Å²) in [6.07, 6.45) is 3.78. The zero-order valence-corrected chi connectivity index (χ0v) is 9.42. The predicted octanol–water partition coefficient (Wildman–Crippen LogP) is 3.24. The van der Waals surface area contributed by atoms with Crippen LogP contribution in [0.25, 0.3) is 0 Å². The molecule has 0 aliphatic carbocycles. The fourth-order valence-electron chi connectivity index (χ4n) is 1.63. The van der Waals surface area contributed by atoms with E-state index < -0.39 is 0 Å². The van der Waals surface area contributed by atoms with Crippen LogP contribution in [0.2, 0.25) is 0 Å². The van der Waals surface area contributed by atoms with Crippen LogP contribution in [-0.2, 0) is 6.42 Å². The first-order valence-electron chi connectivity index (χ1n) is 5.28. The Bertz CT molecular complexity index is 352. The van der Waals surface area contributed by atoms with Crippen LogP contribution in [0.5, 0.6) is 5.75 Å². The molecule has 0 aliphatic rings. The van der Waals surface area contributed by atoms with Gasteiger partial charge in [-0.15, -0.1) is 0 Å². The number of ether oxygens (including phenoxy) is 1. The lowest BCUT2D eigenvalue weighted by Crippen LogP contribution is -1.90. The van der Waals surface area contributed by atoms with E-state index >= 15 is 0 Å². The molecule has 0 amide bonds. The fraction of sp³-hybridized carbons (Fsp3) is 0.462. The van der Waals surface area contributed by atoms with E-state index in [1.807, 2.05) is 6.07 Å². The molecule has 0 spiro atoms. The molecule has 0 aliphatic heterocycles. The predicted molar refractivity (Wildman–Crippen MR) is 60.9 cm³/mol. The second kappa shape index (κ2) is 6.08. The van der Waals surface area contributed by atoms with Crippen LogP contribution in [0.4, 0.5) is 0 Å². The molecule has 0 heterocycles. The Balaban J connectivity index is 2.49. The summed E-state index contributed by atoms with van der Waals surface area (Å²) in [6, 6.07) is 8.43. The maximum Gasteiger partial charge on any atom is 0.121 e. The average Bonchev–Trinajstić information content (AvgIpc) is 2.25. The maximum atomic E-state index is 8.41. The minimum atomic E-state index is 0.662. The van der Waals surface area contributed by atoms with Gasteiger partial charge in [0, 0.05) is 6.42 Å². The molecular formula is C13H17NO. The molecule has 2 heteroatoms. The molecule has 80 valence electrons. The number of aryl methyl sites for hydroxylation is 2. The average molecular weight is 203 g/mol. The third-order valence-corrected chi connectivity index (χ3v) is 2.46. The van der Waals surface area contributed by atoms with Crippen LogP contribution in [0, 0.1) is 18.3 Å². The molecule has 1 aromatic rings. The number of rotatable bonds is 5. The van der Waals surface area contributed by atoms with Crippen LogP contribution >= 0.6 is 0 Å². The highest BCUT2D eigenvalue weighted by Crippen LogP contribution is 2.19. The summed E-state index contributed by atoms with van der Waals surface area (Å²) in [5, 5.41) is 8.41. The Morgan fingerprint density at radius 2 is 2.13 bits per heavy atom. The van der Waals surface area contributed by atoms with E-state index in [0.717, 1.165) is 25.0 Å². The van der Waals surface area contributed by atoms with Gasteiger partial charge in [0.2, 0.25) is 0 Å². The Kier molecular flexibility index (Phi) is 4.70. The number of unbranched alkanes of at least 4 members (excludes halogenated alkanes) is 2. The SMILES string of the molecule is COc1ccc(CCCCC#N)cc1C. The number of nitrogens with zero attached hydrogens (tertiary/aromatic N) is 1. The summed E-state index contributed by atoms with van der Waals surface area (Å²) < 4.78 is 5.20. The topological polar surface area (TPSA) is 33.0 Å². The normalized spacial score (nSPS) is 9.67. The molecule has 0 fully saturated rings. The highest BCUT2D eigenvalue weighted by atomic mass is 16.5. The minimum Gasteiger partial charge on any atom is -0.496 e. The van der Waals surface area contributed by atoms with Crippen LogP contribution in [0.15, 0.2) is 18.2 Å². The van der Waals surface area contributed by atoms with Crippen molar-refractivity contribution in [2.75, 3.05) is 7.11 Å². The van der Waals surface area contributed by atoms with E-state index in [1.54, 1.807) is 7.11 Å². The largest absolute Gasteiger partial charge is 0.496 e. The second-order valence-corrected chi connectivity index (χ2v) is 3.67. The third kappa shape index (κ3) is 3.63. The van der Waals surface area contributed by atoms with Gasteiger partial charge in [0.25, 0.3) is 0 Å². The summed E-state index contributed by atoms with van der Waals surface area (Å²) in [7, 11) is 1.69. The van der Waals surface area contributed by atoms with Gasteiger partial charge >= 0.3 is 0 Å². The third-order valence-electron chi connectivity index (χ3n) is 2.46. The molecule has 0 bridgehead atoms. The number of hydrogen-bond donors (Lipinski definition) is 0. The lowest BCUT2D eigenvalue weighted by molar-refractivity contribution is 0.411. The Labute approximate surface area is 91.5 Å². The molecule has 0 aromatic heterocycles. The molecule has 0 saturated heterocycles. The number of methoxy groups -OCH3 is 1. The summed E-state index contributed by atoms with van der Waals surface area (Å²) in [5.41, 5.74) is 2.50. The van der Waals surface area contributed by atoms with Crippen molar-refractivity contribution < 1.29 is 4.74 Å². The molecule has 1 rings (SSSR count).